The van der Waals surface area contributed by atoms with Crippen LogP contribution in [0.5, 0.6) is 0 Å². The molecular weight excluding hydrogens is 448 g/mol. The van der Waals surface area contributed by atoms with Gasteiger partial charge in [-0.15, -0.1) is 0 Å². The molecule has 4 rings (SSSR count). The molecule has 7 nitrogen and oxygen atoms in total. The highest BCUT2D eigenvalue weighted by molar-refractivity contribution is 7.89. The quantitative estimate of drug-likeness (QED) is 0.679. The topological polar surface area (TPSA) is 73.0 Å². The molecule has 1 atom stereocenters. The Morgan fingerprint density at radius 2 is 1.79 bits per heavy atom. The van der Waals surface area contributed by atoms with E-state index in [2.05, 4.69) is 28.2 Å². The molecule has 0 saturated carbocycles. The molecule has 0 radical (unpaired) electrons. The van der Waals surface area contributed by atoms with E-state index < -0.39 is 10.0 Å². The van der Waals surface area contributed by atoms with Crippen LogP contribution in [0.3, 0.4) is 0 Å². The number of hydrogen-bond donors (Lipinski definition) is 1. The van der Waals surface area contributed by atoms with Gasteiger partial charge < -0.3 is 10.2 Å². The molecule has 8 heteroatoms. The van der Waals surface area contributed by atoms with Crippen LogP contribution in [-0.2, 0) is 16.6 Å². The van der Waals surface area contributed by atoms with Crippen molar-refractivity contribution in [2.75, 3.05) is 45.1 Å². The van der Waals surface area contributed by atoms with Gasteiger partial charge in [0.25, 0.3) is 5.91 Å². The van der Waals surface area contributed by atoms with Gasteiger partial charge in [-0.1, -0.05) is 24.6 Å². The number of aryl methyl sites for hydroxylation is 1. The average molecular weight is 485 g/mol. The number of likely N-dealkylation sites (N-methyl/N-ethyl adjacent to an activating group) is 1. The summed E-state index contributed by atoms with van der Waals surface area (Å²) in [5.41, 5.74) is 3.00. The molecular formula is C26H36N4O3S. The first kappa shape index (κ1) is 24.9. The van der Waals surface area contributed by atoms with Gasteiger partial charge in [-0.2, -0.15) is 4.31 Å². The van der Waals surface area contributed by atoms with Crippen LogP contribution in [0.15, 0.2) is 47.4 Å². The van der Waals surface area contributed by atoms with Crippen molar-refractivity contribution in [1.29, 1.82) is 0 Å². The zero-order valence-corrected chi connectivity index (χ0v) is 21.3. The summed E-state index contributed by atoms with van der Waals surface area (Å²) in [6.45, 7) is 9.34. The number of piperazine rings is 1. The molecule has 184 valence electrons. The van der Waals surface area contributed by atoms with E-state index in [4.69, 9.17) is 0 Å². The first-order valence-electron chi connectivity index (χ1n) is 12.2. The molecule has 2 saturated heterocycles. The Balaban J connectivity index is 1.49. The normalized spacial score (nSPS) is 20.9. The second-order valence-electron chi connectivity index (χ2n) is 9.67. The van der Waals surface area contributed by atoms with Gasteiger partial charge in [0.05, 0.1) is 4.90 Å². The summed E-state index contributed by atoms with van der Waals surface area (Å²) in [4.78, 5) is 18.1. The number of piperidine rings is 1. The SMILES string of the molecule is Cc1ccc(S(=O)(=O)N2CCCCC2C)cc1C(=O)Nc1cccc(CN2CCN(C)CC2)c1. The van der Waals surface area contributed by atoms with Crippen LogP contribution >= 0.6 is 0 Å². The molecule has 2 aromatic rings. The van der Waals surface area contributed by atoms with Crippen molar-refractivity contribution in [2.24, 2.45) is 0 Å². The molecule has 2 aromatic carbocycles. The van der Waals surface area contributed by atoms with E-state index in [9.17, 15) is 13.2 Å². The van der Waals surface area contributed by atoms with Crippen LogP contribution in [0.2, 0.25) is 0 Å². The number of hydrogen-bond acceptors (Lipinski definition) is 5. The van der Waals surface area contributed by atoms with Crippen molar-refractivity contribution in [2.45, 2.75) is 50.6 Å². The van der Waals surface area contributed by atoms with Crippen molar-refractivity contribution >= 4 is 21.6 Å². The lowest BCUT2D eigenvalue weighted by atomic mass is 10.1. The zero-order chi connectivity index (χ0) is 24.3. The number of benzene rings is 2. The predicted molar refractivity (Wildman–Crippen MR) is 136 cm³/mol. The molecule has 2 fully saturated rings. The number of amides is 1. The molecule has 2 heterocycles. The Labute approximate surface area is 203 Å². The number of carbonyl (C=O) groups excluding carboxylic acids is 1. The zero-order valence-electron chi connectivity index (χ0n) is 20.5. The third kappa shape index (κ3) is 5.68. The fraction of sp³-hybridized carbons (Fsp3) is 0.500. The van der Waals surface area contributed by atoms with E-state index in [0.717, 1.165) is 63.1 Å². The van der Waals surface area contributed by atoms with Gasteiger partial charge in [-0.05, 0) is 69.1 Å². The van der Waals surface area contributed by atoms with E-state index in [0.29, 0.717) is 17.8 Å². The van der Waals surface area contributed by atoms with E-state index in [-0.39, 0.29) is 16.8 Å². The Kier molecular flexibility index (Phi) is 7.72. The lowest BCUT2D eigenvalue weighted by Crippen LogP contribution is -2.43. The smallest absolute Gasteiger partial charge is 0.255 e. The Morgan fingerprint density at radius 3 is 2.53 bits per heavy atom. The highest BCUT2D eigenvalue weighted by Crippen LogP contribution is 2.27. The molecule has 1 unspecified atom stereocenters. The van der Waals surface area contributed by atoms with Crippen molar-refractivity contribution < 1.29 is 13.2 Å². The van der Waals surface area contributed by atoms with Crippen LogP contribution in [0.25, 0.3) is 0 Å². The standard InChI is InChI=1S/C26H36N4O3S/c1-20-10-11-24(34(32,33)30-12-5-4-7-21(30)2)18-25(20)26(31)27-23-9-6-8-22(17-23)19-29-15-13-28(3)14-16-29/h6,8-11,17-18,21H,4-5,7,12-16,19H2,1-3H3,(H,27,31). The number of nitrogens with one attached hydrogen (secondary N) is 1. The number of carbonyl (C=O) groups is 1. The monoisotopic (exact) mass is 484 g/mol. The predicted octanol–water partition coefficient (Wildman–Crippen LogP) is 3.56. The van der Waals surface area contributed by atoms with Gasteiger partial charge in [0.1, 0.15) is 0 Å². The minimum atomic E-state index is -3.64. The average Bonchev–Trinajstić information content (AvgIpc) is 2.81. The lowest BCUT2D eigenvalue weighted by molar-refractivity contribution is 0.102. The minimum Gasteiger partial charge on any atom is -0.322 e. The van der Waals surface area contributed by atoms with Gasteiger partial charge in [0.2, 0.25) is 10.0 Å². The fourth-order valence-corrected chi connectivity index (χ4v) is 6.51. The van der Waals surface area contributed by atoms with E-state index >= 15 is 0 Å². The molecule has 0 aromatic heterocycles. The Hall–Kier alpha value is -2.26. The van der Waals surface area contributed by atoms with Gasteiger partial charge in [0, 0.05) is 56.6 Å². The maximum absolute atomic E-state index is 13.3. The van der Waals surface area contributed by atoms with Crippen LogP contribution in [0, 0.1) is 6.92 Å². The van der Waals surface area contributed by atoms with Crippen LogP contribution in [-0.4, -0.2) is 74.2 Å². The summed E-state index contributed by atoms with van der Waals surface area (Å²) < 4.78 is 28.1. The number of nitrogens with zero attached hydrogens (tertiary/aromatic N) is 3. The summed E-state index contributed by atoms with van der Waals surface area (Å²) in [5, 5.41) is 2.98. The lowest BCUT2D eigenvalue weighted by Gasteiger charge is -2.32. The van der Waals surface area contributed by atoms with Crippen molar-refractivity contribution in [3.05, 3.63) is 59.2 Å². The second kappa shape index (κ2) is 10.6. The first-order chi connectivity index (χ1) is 16.2. The molecule has 1 amide bonds. The number of rotatable bonds is 6. The van der Waals surface area contributed by atoms with Gasteiger partial charge in [-0.3, -0.25) is 9.69 Å². The van der Waals surface area contributed by atoms with Crippen LogP contribution in [0.1, 0.15) is 47.7 Å². The second-order valence-corrected chi connectivity index (χ2v) is 11.6. The summed E-state index contributed by atoms with van der Waals surface area (Å²) in [5.74, 6) is -0.294. The summed E-state index contributed by atoms with van der Waals surface area (Å²) in [6.07, 6.45) is 2.78. The van der Waals surface area contributed by atoms with E-state index in [1.165, 1.54) is 6.07 Å². The maximum atomic E-state index is 13.3. The molecule has 1 N–H and O–H groups in total. The van der Waals surface area contributed by atoms with Crippen molar-refractivity contribution in [1.82, 2.24) is 14.1 Å². The first-order valence-corrected chi connectivity index (χ1v) is 13.6. The third-order valence-corrected chi connectivity index (χ3v) is 9.00. The molecule has 0 aliphatic carbocycles. The van der Waals surface area contributed by atoms with Crippen LogP contribution < -0.4 is 5.32 Å². The van der Waals surface area contributed by atoms with Gasteiger partial charge in [-0.25, -0.2) is 8.42 Å². The van der Waals surface area contributed by atoms with Crippen LogP contribution in [0.4, 0.5) is 5.69 Å². The Bertz CT molecular complexity index is 1130. The highest BCUT2D eigenvalue weighted by atomic mass is 32.2. The molecule has 34 heavy (non-hydrogen) atoms. The summed E-state index contributed by atoms with van der Waals surface area (Å²) >= 11 is 0. The maximum Gasteiger partial charge on any atom is 0.255 e. The highest BCUT2D eigenvalue weighted by Gasteiger charge is 2.31. The number of sulfonamides is 1. The summed E-state index contributed by atoms with van der Waals surface area (Å²) in [6, 6.07) is 12.7. The van der Waals surface area contributed by atoms with E-state index in [1.54, 1.807) is 16.4 Å². The molecule has 2 aliphatic heterocycles. The third-order valence-electron chi connectivity index (χ3n) is 6.99. The largest absolute Gasteiger partial charge is 0.322 e. The summed E-state index contributed by atoms with van der Waals surface area (Å²) in [7, 11) is -1.50. The minimum absolute atomic E-state index is 0.0274. The molecule has 2 aliphatic rings. The molecule has 0 spiro atoms. The fourth-order valence-electron chi connectivity index (χ4n) is 4.78. The van der Waals surface area contributed by atoms with Gasteiger partial charge in [0.15, 0.2) is 0 Å². The number of anilines is 1. The Morgan fingerprint density at radius 1 is 1.03 bits per heavy atom. The molecule has 0 bridgehead atoms. The van der Waals surface area contributed by atoms with Gasteiger partial charge >= 0.3 is 0 Å². The van der Waals surface area contributed by atoms with Crippen molar-refractivity contribution in [3.63, 3.8) is 0 Å². The van der Waals surface area contributed by atoms with Crippen molar-refractivity contribution in [3.8, 4) is 0 Å². The van der Waals surface area contributed by atoms with E-state index in [1.807, 2.05) is 32.0 Å².